The van der Waals surface area contributed by atoms with Gasteiger partial charge in [-0.2, -0.15) is 0 Å². The Morgan fingerprint density at radius 3 is 2.42 bits per heavy atom. The van der Waals surface area contributed by atoms with Gasteiger partial charge >= 0.3 is 0 Å². The first-order valence-electron chi connectivity index (χ1n) is 6.27. The van der Waals surface area contributed by atoms with Crippen LogP contribution in [0.3, 0.4) is 0 Å². The van der Waals surface area contributed by atoms with Crippen molar-refractivity contribution >= 4 is 11.8 Å². The molecule has 0 saturated heterocycles. The molecule has 0 fully saturated rings. The molecule has 0 saturated carbocycles. The van der Waals surface area contributed by atoms with Gasteiger partial charge in [0, 0.05) is 15.8 Å². The zero-order chi connectivity index (χ0) is 14.0. The van der Waals surface area contributed by atoms with Crippen molar-refractivity contribution in [3.05, 3.63) is 58.9 Å². The van der Waals surface area contributed by atoms with E-state index in [9.17, 15) is 4.39 Å². The van der Waals surface area contributed by atoms with Gasteiger partial charge in [0.15, 0.2) is 0 Å². The first kappa shape index (κ1) is 14.1. The van der Waals surface area contributed by atoms with Gasteiger partial charge in [0.25, 0.3) is 0 Å². The zero-order valence-corrected chi connectivity index (χ0v) is 12.2. The van der Waals surface area contributed by atoms with Crippen LogP contribution in [0.25, 0.3) is 0 Å². The summed E-state index contributed by atoms with van der Waals surface area (Å²) in [5.74, 6) is -0.208. The molecule has 2 aromatic carbocycles. The van der Waals surface area contributed by atoms with Crippen LogP contribution < -0.4 is 5.73 Å². The molecular formula is C16H18FNS. The van der Waals surface area contributed by atoms with E-state index in [2.05, 4.69) is 18.2 Å². The molecule has 0 radical (unpaired) electrons. The van der Waals surface area contributed by atoms with Crippen LogP contribution in [0.15, 0.2) is 46.2 Å². The fraction of sp³-hybridized carbons (Fsp3) is 0.250. The van der Waals surface area contributed by atoms with Crippen molar-refractivity contribution < 1.29 is 4.39 Å². The molecule has 0 spiro atoms. The largest absolute Gasteiger partial charge is 0.324 e. The van der Waals surface area contributed by atoms with Crippen LogP contribution in [0.4, 0.5) is 4.39 Å². The smallest absolute Gasteiger partial charge is 0.137 e. The molecule has 1 atom stereocenters. The molecule has 0 bridgehead atoms. The monoisotopic (exact) mass is 275 g/mol. The molecule has 0 heterocycles. The topological polar surface area (TPSA) is 26.0 Å². The van der Waals surface area contributed by atoms with Gasteiger partial charge in [-0.1, -0.05) is 30.0 Å². The lowest BCUT2D eigenvalue weighted by atomic mass is 10.1. The Bertz CT molecular complexity index is 593. The Hall–Kier alpha value is -1.32. The Labute approximate surface area is 118 Å². The molecule has 0 aliphatic carbocycles. The number of benzene rings is 2. The Balaban J connectivity index is 2.31. The van der Waals surface area contributed by atoms with E-state index in [1.54, 1.807) is 6.07 Å². The van der Waals surface area contributed by atoms with E-state index in [1.165, 1.54) is 23.4 Å². The molecule has 1 nitrogen and oxygen atoms in total. The molecule has 2 N–H and O–H groups in total. The summed E-state index contributed by atoms with van der Waals surface area (Å²) in [7, 11) is 0. The highest BCUT2D eigenvalue weighted by molar-refractivity contribution is 7.99. The number of hydrogen-bond donors (Lipinski definition) is 1. The van der Waals surface area contributed by atoms with E-state index in [-0.39, 0.29) is 11.9 Å². The summed E-state index contributed by atoms with van der Waals surface area (Å²) in [5.41, 5.74) is 8.92. The summed E-state index contributed by atoms with van der Waals surface area (Å²) >= 11 is 1.46. The molecule has 0 aliphatic heterocycles. The van der Waals surface area contributed by atoms with Crippen molar-refractivity contribution in [1.29, 1.82) is 0 Å². The van der Waals surface area contributed by atoms with Gasteiger partial charge in [0.1, 0.15) is 5.82 Å². The summed E-state index contributed by atoms with van der Waals surface area (Å²) in [6.45, 7) is 5.93. The van der Waals surface area contributed by atoms with Crippen LogP contribution in [0.1, 0.15) is 29.7 Å². The highest BCUT2D eigenvalue weighted by Gasteiger charge is 2.09. The second kappa shape index (κ2) is 5.76. The maximum Gasteiger partial charge on any atom is 0.137 e. The Kier molecular flexibility index (Phi) is 4.27. The van der Waals surface area contributed by atoms with E-state index in [1.807, 2.05) is 26.8 Å². The van der Waals surface area contributed by atoms with Crippen LogP contribution >= 0.6 is 11.8 Å². The van der Waals surface area contributed by atoms with Gasteiger partial charge in [0.05, 0.1) is 0 Å². The Morgan fingerprint density at radius 1 is 1.05 bits per heavy atom. The summed E-state index contributed by atoms with van der Waals surface area (Å²) < 4.78 is 14.1. The van der Waals surface area contributed by atoms with Crippen molar-refractivity contribution in [2.75, 3.05) is 0 Å². The molecule has 0 amide bonds. The highest BCUT2D eigenvalue weighted by Crippen LogP contribution is 2.33. The predicted octanol–water partition coefficient (Wildman–Crippen LogP) is 4.61. The molecule has 100 valence electrons. The third-order valence-electron chi connectivity index (χ3n) is 3.05. The third-order valence-corrected chi connectivity index (χ3v) is 4.26. The van der Waals surface area contributed by atoms with Gasteiger partial charge in [-0.15, -0.1) is 0 Å². The van der Waals surface area contributed by atoms with Gasteiger partial charge in [-0.3, -0.25) is 0 Å². The van der Waals surface area contributed by atoms with Crippen LogP contribution in [0, 0.1) is 19.7 Å². The second-order valence-corrected chi connectivity index (χ2v) is 5.93. The zero-order valence-electron chi connectivity index (χ0n) is 11.4. The van der Waals surface area contributed by atoms with E-state index < -0.39 is 0 Å². The number of nitrogens with two attached hydrogens (primary N) is 1. The van der Waals surface area contributed by atoms with Crippen molar-refractivity contribution in [1.82, 2.24) is 0 Å². The third kappa shape index (κ3) is 3.37. The molecular weight excluding hydrogens is 257 g/mol. The van der Waals surface area contributed by atoms with E-state index in [4.69, 9.17) is 5.73 Å². The van der Waals surface area contributed by atoms with Gasteiger partial charge in [-0.05, 0) is 55.7 Å². The summed E-state index contributed by atoms with van der Waals surface area (Å²) in [6, 6.07) is 11.3. The van der Waals surface area contributed by atoms with Crippen molar-refractivity contribution in [2.45, 2.75) is 36.6 Å². The summed E-state index contributed by atoms with van der Waals surface area (Å²) in [4.78, 5) is 1.73. The first-order chi connectivity index (χ1) is 8.97. The maximum absolute atomic E-state index is 14.1. The predicted molar refractivity (Wildman–Crippen MR) is 79.0 cm³/mol. The maximum atomic E-state index is 14.1. The summed E-state index contributed by atoms with van der Waals surface area (Å²) in [6.07, 6.45) is 0. The van der Waals surface area contributed by atoms with Crippen LogP contribution in [-0.2, 0) is 0 Å². The highest BCUT2D eigenvalue weighted by atomic mass is 32.2. The Morgan fingerprint density at radius 2 is 1.79 bits per heavy atom. The van der Waals surface area contributed by atoms with Gasteiger partial charge in [0.2, 0.25) is 0 Å². The molecule has 2 aromatic rings. The minimum Gasteiger partial charge on any atom is -0.324 e. The van der Waals surface area contributed by atoms with Crippen LogP contribution in [0.5, 0.6) is 0 Å². The van der Waals surface area contributed by atoms with Crippen LogP contribution in [-0.4, -0.2) is 0 Å². The van der Waals surface area contributed by atoms with Crippen molar-refractivity contribution in [2.24, 2.45) is 5.73 Å². The van der Waals surface area contributed by atoms with Gasteiger partial charge < -0.3 is 5.73 Å². The number of aryl methyl sites for hydroxylation is 2. The minimum absolute atomic E-state index is 0.144. The second-order valence-electron chi connectivity index (χ2n) is 4.85. The average Bonchev–Trinajstić information content (AvgIpc) is 2.36. The normalized spacial score (nSPS) is 12.5. The minimum atomic E-state index is -0.208. The number of halogens is 1. The molecule has 19 heavy (non-hydrogen) atoms. The van der Waals surface area contributed by atoms with Crippen molar-refractivity contribution in [3.8, 4) is 0 Å². The lowest BCUT2D eigenvalue weighted by Crippen LogP contribution is -2.05. The molecule has 1 unspecified atom stereocenters. The fourth-order valence-electron chi connectivity index (χ4n) is 1.82. The van der Waals surface area contributed by atoms with Crippen molar-refractivity contribution in [3.63, 3.8) is 0 Å². The van der Waals surface area contributed by atoms with Gasteiger partial charge in [-0.25, -0.2) is 4.39 Å². The molecule has 0 aromatic heterocycles. The number of hydrogen-bond acceptors (Lipinski definition) is 2. The molecule has 2 rings (SSSR count). The molecule has 0 aliphatic rings. The van der Waals surface area contributed by atoms with Crippen LogP contribution in [0.2, 0.25) is 0 Å². The van der Waals surface area contributed by atoms with E-state index >= 15 is 0 Å². The first-order valence-corrected chi connectivity index (χ1v) is 7.09. The SMILES string of the molecule is Cc1ccc(C)c(Sc2ccc(C(C)N)cc2F)c1. The standard InChI is InChI=1S/C16H18FNS/c1-10-4-5-11(2)16(8-10)19-15-7-6-13(12(3)18)9-14(15)17/h4-9,12H,18H2,1-3H3. The summed E-state index contributed by atoms with van der Waals surface area (Å²) in [5, 5.41) is 0. The quantitative estimate of drug-likeness (QED) is 0.885. The lowest BCUT2D eigenvalue weighted by molar-refractivity contribution is 0.596. The molecule has 3 heteroatoms. The fourth-order valence-corrected chi connectivity index (χ4v) is 2.82. The lowest BCUT2D eigenvalue weighted by Gasteiger charge is -2.10. The van der Waals surface area contributed by atoms with E-state index in [0.717, 1.165) is 16.0 Å². The average molecular weight is 275 g/mol. The number of rotatable bonds is 3. The van der Waals surface area contributed by atoms with E-state index in [0.29, 0.717) is 4.90 Å².